The summed E-state index contributed by atoms with van der Waals surface area (Å²) in [5.41, 5.74) is -0.421. The smallest absolute Gasteiger partial charge is 0.410 e. The second-order valence-corrected chi connectivity index (χ2v) is 11.2. The van der Waals surface area contributed by atoms with Crippen LogP contribution < -0.4 is 0 Å². The summed E-state index contributed by atoms with van der Waals surface area (Å²) in [7, 11) is 0. The molecule has 0 atom stereocenters. The van der Waals surface area contributed by atoms with Crippen LogP contribution in [0, 0.1) is 16.2 Å². The fourth-order valence-corrected chi connectivity index (χ4v) is 4.43. The van der Waals surface area contributed by atoms with Gasteiger partial charge in [-0.05, 0) is 63.7 Å². The highest BCUT2D eigenvalue weighted by atomic mass is 16.6. The number of nitrogens with zero attached hydrogens (tertiary/aromatic N) is 1. The van der Waals surface area contributed by atoms with Crippen LogP contribution in [-0.2, 0) is 4.74 Å². The SMILES string of the molecule is CC1(C)CN(C(=O)OC(C)(C)C)C(C)(C)C(C)(C)CC(C)(C)C1. The molecule has 1 aliphatic rings. The topological polar surface area (TPSA) is 29.5 Å². The van der Waals surface area contributed by atoms with Gasteiger partial charge in [0.15, 0.2) is 0 Å². The Morgan fingerprint density at radius 1 is 0.870 bits per heavy atom. The van der Waals surface area contributed by atoms with Gasteiger partial charge in [0.05, 0.1) is 0 Å². The minimum atomic E-state index is -0.469. The predicted octanol–water partition coefficient (Wildman–Crippen LogP) is 5.87. The summed E-state index contributed by atoms with van der Waals surface area (Å²) in [6.45, 7) is 24.7. The number of rotatable bonds is 0. The quantitative estimate of drug-likeness (QED) is 0.557. The van der Waals surface area contributed by atoms with Gasteiger partial charge in [0, 0.05) is 12.1 Å². The van der Waals surface area contributed by atoms with Gasteiger partial charge in [0.2, 0.25) is 0 Å². The molecule has 0 aliphatic carbocycles. The van der Waals surface area contributed by atoms with Gasteiger partial charge in [-0.3, -0.25) is 0 Å². The van der Waals surface area contributed by atoms with Gasteiger partial charge in [0.1, 0.15) is 5.60 Å². The minimum Gasteiger partial charge on any atom is -0.444 e. The summed E-state index contributed by atoms with van der Waals surface area (Å²) >= 11 is 0. The molecule has 1 heterocycles. The summed E-state index contributed by atoms with van der Waals surface area (Å²) < 4.78 is 5.73. The van der Waals surface area contributed by atoms with Crippen molar-refractivity contribution >= 4 is 6.09 Å². The van der Waals surface area contributed by atoms with Crippen molar-refractivity contribution in [2.24, 2.45) is 16.2 Å². The molecule has 0 aromatic heterocycles. The number of hydrogen-bond acceptors (Lipinski definition) is 2. The molecule has 1 fully saturated rings. The molecular formula is C20H39NO2. The monoisotopic (exact) mass is 325 g/mol. The largest absolute Gasteiger partial charge is 0.444 e. The lowest BCUT2D eigenvalue weighted by Crippen LogP contribution is -2.62. The lowest BCUT2D eigenvalue weighted by atomic mass is 9.59. The molecule has 3 heteroatoms. The number of ether oxygens (including phenoxy) is 1. The van der Waals surface area contributed by atoms with E-state index in [0.717, 1.165) is 19.4 Å². The van der Waals surface area contributed by atoms with Crippen LogP contribution in [0.4, 0.5) is 4.79 Å². The Bertz CT molecular complexity index is 453. The van der Waals surface area contributed by atoms with Gasteiger partial charge < -0.3 is 9.64 Å². The first kappa shape index (κ1) is 20.3. The third-order valence-corrected chi connectivity index (χ3v) is 5.41. The van der Waals surface area contributed by atoms with Crippen LogP contribution in [-0.4, -0.2) is 28.7 Å². The number of likely N-dealkylation sites (tertiary alicyclic amines) is 1. The molecule has 0 bridgehead atoms. The summed E-state index contributed by atoms with van der Waals surface area (Å²) in [4.78, 5) is 14.9. The summed E-state index contributed by atoms with van der Waals surface area (Å²) in [5, 5.41) is 0. The molecule has 0 N–H and O–H groups in total. The Labute approximate surface area is 144 Å². The van der Waals surface area contributed by atoms with Crippen molar-refractivity contribution in [1.82, 2.24) is 4.90 Å². The maximum Gasteiger partial charge on any atom is 0.410 e. The molecule has 1 aliphatic heterocycles. The van der Waals surface area contributed by atoms with E-state index in [0.29, 0.717) is 0 Å². The van der Waals surface area contributed by atoms with Crippen molar-refractivity contribution in [3.8, 4) is 0 Å². The van der Waals surface area contributed by atoms with Crippen LogP contribution in [0.3, 0.4) is 0 Å². The maximum atomic E-state index is 12.9. The molecule has 1 amide bonds. The highest BCUT2D eigenvalue weighted by Crippen LogP contribution is 2.51. The third kappa shape index (κ3) is 4.87. The molecule has 0 saturated carbocycles. The molecule has 3 nitrogen and oxygen atoms in total. The molecule has 23 heavy (non-hydrogen) atoms. The van der Waals surface area contributed by atoms with Gasteiger partial charge in [-0.25, -0.2) is 4.79 Å². The van der Waals surface area contributed by atoms with E-state index in [9.17, 15) is 4.79 Å². The number of carbonyl (C=O) groups excluding carboxylic acids is 1. The first-order chi connectivity index (χ1) is 9.89. The fraction of sp³-hybridized carbons (Fsp3) is 0.950. The standard InChI is InChI=1S/C20H39NO2/c1-16(2,3)23-15(22)21-14-18(6,7)12-17(4,5)13-19(8,9)20(21,10)11/h12-14H2,1-11H3. The van der Waals surface area contributed by atoms with E-state index in [1.54, 1.807) is 0 Å². The van der Waals surface area contributed by atoms with Crippen LogP contribution in [0.15, 0.2) is 0 Å². The van der Waals surface area contributed by atoms with Gasteiger partial charge >= 0.3 is 6.09 Å². The Morgan fingerprint density at radius 3 is 1.78 bits per heavy atom. The third-order valence-electron chi connectivity index (χ3n) is 5.41. The predicted molar refractivity (Wildman–Crippen MR) is 97.6 cm³/mol. The van der Waals surface area contributed by atoms with Gasteiger partial charge in [-0.2, -0.15) is 0 Å². The zero-order chi connectivity index (χ0) is 18.5. The van der Waals surface area contributed by atoms with Crippen molar-refractivity contribution in [3.63, 3.8) is 0 Å². The van der Waals surface area contributed by atoms with Gasteiger partial charge in [-0.1, -0.05) is 41.5 Å². The molecule has 0 spiro atoms. The van der Waals surface area contributed by atoms with Crippen LogP contribution >= 0.6 is 0 Å². The zero-order valence-corrected chi connectivity index (χ0v) is 17.4. The molecular weight excluding hydrogens is 286 g/mol. The van der Waals surface area contributed by atoms with Gasteiger partial charge in [-0.15, -0.1) is 0 Å². The minimum absolute atomic E-state index is 0.00387. The average Bonchev–Trinajstić information content (AvgIpc) is 2.18. The summed E-state index contributed by atoms with van der Waals surface area (Å²) in [5.74, 6) is 0. The van der Waals surface area contributed by atoms with Crippen molar-refractivity contribution in [1.29, 1.82) is 0 Å². The van der Waals surface area contributed by atoms with Crippen LogP contribution in [0.2, 0.25) is 0 Å². The number of amides is 1. The lowest BCUT2D eigenvalue weighted by Gasteiger charge is -2.56. The van der Waals surface area contributed by atoms with E-state index in [1.165, 1.54) is 0 Å². The molecule has 0 aromatic rings. The summed E-state index contributed by atoms with van der Waals surface area (Å²) in [6, 6.07) is 0. The van der Waals surface area contributed by atoms with Crippen molar-refractivity contribution < 1.29 is 9.53 Å². The Morgan fingerprint density at radius 2 is 1.35 bits per heavy atom. The van der Waals surface area contributed by atoms with Gasteiger partial charge in [0.25, 0.3) is 0 Å². The van der Waals surface area contributed by atoms with E-state index >= 15 is 0 Å². The van der Waals surface area contributed by atoms with E-state index in [-0.39, 0.29) is 27.9 Å². The van der Waals surface area contributed by atoms with Crippen molar-refractivity contribution in [3.05, 3.63) is 0 Å². The fourth-order valence-electron chi connectivity index (χ4n) is 4.43. The Balaban J connectivity index is 3.29. The Kier molecular flexibility index (Phi) is 5.01. The molecule has 1 saturated heterocycles. The average molecular weight is 326 g/mol. The number of hydrogen-bond donors (Lipinski definition) is 0. The van der Waals surface area contributed by atoms with Crippen LogP contribution in [0.1, 0.15) is 89.0 Å². The molecule has 0 unspecified atom stereocenters. The van der Waals surface area contributed by atoms with Crippen LogP contribution in [0.5, 0.6) is 0 Å². The second-order valence-electron chi connectivity index (χ2n) is 11.2. The first-order valence-corrected chi connectivity index (χ1v) is 8.89. The normalized spacial score (nSPS) is 26.1. The van der Waals surface area contributed by atoms with E-state index < -0.39 is 5.60 Å². The Hall–Kier alpha value is -0.730. The first-order valence-electron chi connectivity index (χ1n) is 8.89. The molecule has 0 radical (unpaired) electrons. The van der Waals surface area contributed by atoms with E-state index in [2.05, 4.69) is 55.4 Å². The molecule has 136 valence electrons. The van der Waals surface area contributed by atoms with Crippen molar-refractivity contribution in [2.45, 2.75) is 100 Å². The molecule has 1 rings (SSSR count). The second kappa shape index (κ2) is 5.67. The highest BCUT2D eigenvalue weighted by molar-refractivity contribution is 5.69. The van der Waals surface area contributed by atoms with E-state index in [1.807, 2.05) is 25.7 Å². The highest BCUT2D eigenvalue weighted by Gasteiger charge is 2.51. The van der Waals surface area contributed by atoms with Crippen molar-refractivity contribution in [2.75, 3.05) is 6.54 Å². The molecule has 0 aromatic carbocycles. The summed E-state index contributed by atoms with van der Waals surface area (Å²) in [6.07, 6.45) is 1.98. The van der Waals surface area contributed by atoms with E-state index in [4.69, 9.17) is 4.74 Å². The maximum absolute atomic E-state index is 12.9. The lowest BCUT2D eigenvalue weighted by molar-refractivity contribution is -0.0751. The van der Waals surface area contributed by atoms with Crippen LogP contribution in [0.25, 0.3) is 0 Å². The number of carbonyl (C=O) groups is 1. The zero-order valence-electron chi connectivity index (χ0n) is 17.4.